The standard InChI is InChI=1S/C20H10O10/c21-5-1-9(25)17-15(7(23)3-11(27)19(17)29)13(5)14-6(22)2-10(26)18-16(14)8(24)4-12(28)20(18)30/h1-4,21-26H. The molecule has 2 aliphatic carbocycles. The van der Waals surface area contributed by atoms with Gasteiger partial charge in [-0.05, 0) is 0 Å². The van der Waals surface area contributed by atoms with Gasteiger partial charge in [0.05, 0.1) is 11.1 Å². The minimum absolute atomic E-state index is 0.529. The van der Waals surface area contributed by atoms with E-state index >= 15 is 0 Å². The number of hydrogen-bond acceptors (Lipinski definition) is 10. The van der Waals surface area contributed by atoms with E-state index in [2.05, 4.69) is 0 Å². The van der Waals surface area contributed by atoms with E-state index < -0.39 is 91.0 Å². The van der Waals surface area contributed by atoms with Crippen molar-refractivity contribution in [3.63, 3.8) is 0 Å². The number of aliphatic hydroxyl groups is 2. The molecule has 2 aliphatic rings. The van der Waals surface area contributed by atoms with Crippen LogP contribution < -0.4 is 0 Å². The summed E-state index contributed by atoms with van der Waals surface area (Å²) in [5, 5.41) is 61.6. The van der Waals surface area contributed by atoms with Gasteiger partial charge in [-0.1, -0.05) is 0 Å². The quantitative estimate of drug-likeness (QED) is 0.376. The third-order valence-corrected chi connectivity index (χ3v) is 4.77. The number of phenols is 4. The Balaban J connectivity index is 2.22. The molecule has 10 heteroatoms. The summed E-state index contributed by atoms with van der Waals surface area (Å²) >= 11 is 0. The third-order valence-electron chi connectivity index (χ3n) is 4.77. The van der Waals surface area contributed by atoms with Crippen molar-refractivity contribution in [1.29, 1.82) is 0 Å². The zero-order chi connectivity index (χ0) is 22.1. The predicted molar refractivity (Wildman–Crippen MR) is 98.4 cm³/mol. The topological polar surface area (TPSA) is 190 Å². The van der Waals surface area contributed by atoms with Gasteiger partial charge in [-0.3, -0.25) is 19.2 Å². The molecular weight excluding hydrogens is 400 g/mol. The summed E-state index contributed by atoms with van der Waals surface area (Å²) in [6.07, 6.45) is 1.06. The van der Waals surface area contributed by atoms with Crippen LogP contribution in [0, 0.1) is 0 Å². The first-order chi connectivity index (χ1) is 14.0. The van der Waals surface area contributed by atoms with Gasteiger partial charge >= 0.3 is 0 Å². The van der Waals surface area contributed by atoms with Gasteiger partial charge in [0.1, 0.15) is 34.5 Å². The minimum Gasteiger partial charge on any atom is -0.507 e. The number of benzene rings is 2. The van der Waals surface area contributed by atoms with Crippen molar-refractivity contribution in [3.05, 3.63) is 46.5 Å². The first kappa shape index (κ1) is 18.7. The highest BCUT2D eigenvalue weighted by Crippen LogP contribution is 2.51. The lowest BCUT2D eigenvalue weighted by Crippen LogP contribution is -2.21. The molecule has 10 nitrogen and oxygen atoms in total. The molecule has 0 unspecified atom stereocenters. The summed E-state index contributed by atoms with van der Waals surface area (Å²) in [6.45, 7) is 0. The number of aliphatic hydroxyl groups excluding tert-OH is 2. The summed E-state index contributed by atoms with van der Waals surface area (Å²) in [4.78, 5) is 48.0. The second-order valence-electron chi connectivity index (χ2n) is 6.53. The molecule has 0 bridgehead atoms. The molecule has 2 aromatic carbocycles. The minimum atomic E-state index is -1.22. The zero-order valence-electron chi connectivity index (χ0n) is 14.6. The highest BCUT2D eigenvalue weighted by Gasteiger charge is 2.38. The molecule has 150 valence electrons. The van der Waals surface area contributed by atoms with E-state index in [0.29, 0.717) is 24.3 Å². The summed E-state index contributed by atoms with van der Waals surface area (Å²) in [7, 11) is 0. The van der Waals surface area contributed by atoms with Crippen molar-refractivity contribution in [2.45, 2.75) is 0 Å². The van der Waals surface area contributed by atoms with Gasteiger partial charge in [-0.25, -0.2) is 0 Å². The first-order valence-electron chi connectivity index (χ1n) is 8.22. The molecule has 0 saturated carbocycles. The van der Waals surface area contributed by atoms with Gasteiger partial charge in [0.25, 0.3) is 0 Å². The van der Waals surface area contributed by atoms with E-state index in [9.17, 15) is 49.8 Å². The Labute approximate surface area is 165 Å². The number of phenolic OH excluding ortho intramolecular Hbond substituents is 4. The van der Waals surface area contributed by atoms with Crippen LogP contribution in [-0.2, 0) is 9.59 Å². The van der Waals surface area contributed by atoms with Crippen LogP contribution in [0.5, 0.6) is 23.0 Å². The van der Waals surface area contributed by atoms with Crippen molar-refractivity contribution in [2.75, 3.05) is 0 Å². The smallest absolute Gasteiger partial charge is 0.237 e. The van der Waals surface area contributed by atoms with Gasteiger partial charge in [0, 0.05) is 46.5 Å². The number of rotatable bonds is 1. The van der Waals surface area contributed by atoms with Crippen molar-refractivity contribution < 1.29 is 49.8 Å². The number of hydrogen-bond donors (Lipinski definition) is 6. The fraction of sp³-hybridized carbons (Fsp3) is 0. The molecular formula is C20H10O10. The number of allylic oxidation sites excluding steroid dienone is 2. The summed E-state index contributed by atoms with van der Waals surface area (Å²) < 4.78 is 0. The lowest BCUT2D eigenvalue weighted by molar-refractivity contribution is -0.111. The summed E-state index contributed by atoms with van der Waals surface area (Å²) in [5.41, 5.74) is -3.55. The van der Waals surface area contributed by atoms with Crippen LogP contribution in [0.3, 0.4) is 0 Å². The van der Waals surface area contributed by atoms with Crippen molar-refractivity contribution in [3.8, 4) is 34.1 Å². The second-order valence-corrected chi connectivity index (χ2v) is 6.53. The molecule has 0 amide bonds. The predicted octanol–water partition coefficient (Wildman–Crippen LogP) is 1.50. The highest BCUT2D eigenvalue weighted by molar-refractivity contribution is 6.52. The van der Waals surface area contributed by atoms with Crippen LogP contribution in [0.2, 0.25) is 0 Å². The SMILES string of the molecule is O=C1C=C(O)c2c(c(O)cc(O)c2-c2c(O)cc(O)c3c2C(O)=CC(=O)C3=O)C1=O. The number of aromatic hydroxyl groups is 4. The Bertz CT molecular complexity index is 1210. The maximum atomic E-state index is 12.3. The van der Waals surface area contributed by atoms with Crippen LogP contribution in [0.1, 0.15) is 31.8 Å². The van der Waals surface area contributed by atoms with Crippen molar-refractivity contribution in [2.24, 2.45) is 0 Å². The molecule has 2 aromatic rings. The molecule has 0 atom stereocenters. The van der Waals surface area contributed by atoms with E-state index in [1.54, 1.807) is 0 Å². The lowest BCUT2D eigenvalue weighted by atomic mass is 9.81. The molecule has 6 N–H and O–H groups in total. The molecule has 0 spiro atoms. The van der Waals surface area contributed by atoms with Gasteiger partial charge in [0.2, 0.25) is 23.1 Å². The van der Waals surface area contributed by atoms with Crippen LogP contribution in [0.15, 0.2) is 24.3 Å². The van der Waals surface area contributed by atoms with Gasteiger partial charge < -0.3 is 30.6 Å². The monoisotopic (exact) mass is 410 g/mol. The normalized spacial score (nSPS) is 15.5. The van der Waals surface area contributed by atoms with Crippen LogP contribution >= 0.6 is 0 Å². The molecule has 0 saturated heterocycles. The molecule has 0 aliphatic heterocycles. The Morgan fingerprint density at radius 3 is 1.07 bits per heavy atom. The Kier molecular flexibility index (Phi) is 3.72. The Morgan fingerprint density at radius 2 is 0.733 bits per heavy atom. The van der Waals surface area contributed by atoms with E-state index in [1.807, 2.05) is 0 Å². The number of carbonyl (C=O) groups is 4. The molecule has 0 heterocycles. The molecule has 30 heavy (non-hydrogen) atoms. The average molecular weight is 410 g/mol. The summed E-state index contributed by atoms with van der Waals surface area (Å²) in [5.74, 6) is -9.77. The number of fused-ring (bicyclic) bond motifs is 2. The number of Topliss-reactive ketones (excluding diaryl/α,β-unsaturated/α-hetero) is 2. The maximum absolute atomic E-state index is 12.3. The summed E-state index contributed by atoms with van der Waals surface area (Å²) in [6, 6.07) is 1.32. The van der Waals surface area contributed by atoms with Crippen LogP contribution in [0.25, 0.3) is 22.6 Å². The van der Waals surface area contributed by atoms with E-state index in [0.717, 1.165) is 0 Å². The molecule has 0 fully saturated rings. The fourth-order valence-electron chi connectivity index (χ4n) is 3.56. The average Bonchev–Trinajstić information content (AvgIpc) is 2.64. The Hall–Kier alpha value is -4.60. The van der Waals surface area contributed by atoms with Crippen LogP contribution in [-0.4, -0.2) is 53.8 Å². The van der Waals surface area contributed by atoms with Gasteiger partial charge in [-0.15, -0.1) is 0 Å². The zero-order valence-corrected chi connectivity index (χ0v) is 14.6. The van der Waals surface area contributed by atoms with E-state index in [-0.39, 0.29) is 0 Å². The highest BCUT2D eigenvalue weighted by atomic mass is 16.3. The van der Waals surface area contributed by atoms with Gasteiger partial charge in [0.15, 0.2) is 0 Å². The largest absolute Gasteiger partial charge is 0.507 e. The van der Waals surface area contributed by atoms with E-state index in [1.165, 1.54) is 0 Å². The van der Waals surface area contributed by atoms with Gasteiger partial charge in [-0.2, -0.15) is 0 Å². The van der Waals surface area contributed by atoms with Crippen LogP contribution in [0.4, 0.5) is 0 Å². The lowest BCUT2D eigenvalue weighted by Gasteiger charge is -2.23. The number of carbonyl (C=O) groups excluding carboxylic acids is 4. The Morgan fingerprint density at radius 1 is 0.433 bits per heavy atom. The molecule has 0 aromatic heterocycles. The fourth-order valence-corrected chi connectivity index (χ4v) is 3.56. The molecule has 0 radical (unpaired) electrons. The second kappa shape index (κ2) is 5.95. The number of ketones is 4. The van der Waals surface area contributed by atoms with Crippen molar-refractivity contribution >= 4 is 34.7 Å². The third kappa shape index (κ3) is 2.30. The molecule has 4 rings (SSSR count). The maximum Gasteiger partial charge on any atom is 0.237 e. The van der Waals surface area contributed by atoms with Crippen molar-refractivity contribution in [1.82, 2.24) is 0 Å². The first-order valence-corrected chi connectivity index (χ1v) is 8.22. The van der Waals surface area contributed by atoms with E-state index in [4.69, 9.17) is 0 Å².